The molecule has 2 aromatic carbocycles. The lowest BCUT2D eigenvalue weighted by molar-refractivity contribution is 0.0535. The van der Waals surface area contributed by atoms with E-state index in [0.29, 0.717) is 17.1 Å². The molecule has 0 N–H and O–H groups in total. The quantitative estimate of drug-likeness (QED) is 0.586. The first kappa shape index (κ1) is 19.1. The summed E-state index contributed by atoms with van der Waals surface area (Å²) in [7, 11) is 3.23. The lowest BCUT2D eigenvalue weighted by Gasteiger charge is -2.27. The number of thioether (sulfide) groups is 1. The highest BCUT2D eigenvalue weighted by Gasteiger charge is 2.28. The van der Waals surface area contributed by atoms with Crippen molar-refractivity contribution in [1.82, 2.24) is 4.98 Å². The molecule has 3 aromatic rings. The van der Waals surface area contributed by atoms with Crippen LogP contribution in [-0.2, 0) is 11.3 Å². The Morgan fingerprint density at radius 1 is 1.03 bits per heavy atom. The maximum atomic E-state index is 12.6. The van der Waals surface area contributed by atoms with Crippen molar-refractivity contribution in [3.63, 3.8) is 0 Å². The topological polar surface area (TPSA) is 60.9 Å². The molecule has 5 rings (SSSR count). The molecule has 1 aromatic heterocycles. The van der Waals surface area contributed by atoms with Gasteiger partial charge >= 0.3 is 5.97 Å². The average Bonchev–Trinajstić information content (AvgIpc) is 3.17. The van der Waals surface area contributed by atoms with Gasteiger partial charge in [-0.25, -0.2) is 9.78 Å². The Morgan fingerprint density at radius 2 is 1.80 bits per heavy atom. The SMILES string of the molecule is COc1cc2cc3c(c(-c4ccc(N5CCSCC5)nc4)c2cc1OC)C(=O)OC3. The van der Waals surface area contributed by atoms with Gasteiger partial charge in [-0.3, -0.25) is 0 Å². The Labute approximate surface area is 179 Å². The molecular weight excluding hydrogens is 400 g/mol. The highest BCUT2D eigenvalue weighted by Crippen LogP contribution is 2.42. The molecule has 0 radical (unpaired) electrons. The first-order valence-electron chi connectivity index (χ1n) is 9.87. The summed E-state index contributed by atoms with van der Waals surface area (Å²) < 4.78 is 16.3. The smallest absolute Gasteiger partial charge is 0.339 e. The second-order valence-corrected chi connectivity index (χ2v) is 8.52. The molecule has 2 aliphatic heterocycles. The van der Waals surface area contributed by atoms with E-state index in [4.69, 9.17) is 19.2 Å². The first-order valence-corrected chi connectivity index (χ1v) is 11.0. The number of esters is 1. The molecule has 154 valence electrons. The Bertz CT molecular complexity index is 1120. The molecule has 0 bridgehead atoms. The number of aromatic nitrogens is 1. The third-order valence-electron chi connectivity index (χ3n) is 5.66. The number of benzene rings is 2. The van der Waals surface area contributed by atoms with Gasteiger partial charge in [0.15, 0.2) is 11.5 Å². The monoisotopic (exact) mass is 422 g/mol. The van der Waals surface area contributed by atoms with Crippen molar-refractivity contribution in [1.29, 1.82) is 0 Å². The number of carbonyl (C=O) groups is 1. The van der Waals surface area contributed by atoms with Gasteiger partial charge in [0, 0.05) is 47.5 Å². The number of methoxy groups -OCH3 is 2. The molecule has 1 fully saturated rings. The summed E-state index contributed by atoms with van der Waals surface area (Å²) in [5.74, 6) is 4.18. The second kappa shape index (κ2) is 7.72. The molecule has 0 amide bonds. The van der Waals surface area contributed by atoms with Gasteiger partial charge in [-0.15, -0.1) is 0 Å². The maximum Gasteiger partial charge on any atom is 0.339 e. The Balaban J connectivity index is 1.69. The van der Waals surface area contributed by atoms with Crippen molar-refractivity contribution < 1.29 is 19.0 Å². The minimum atomic E-state index is -0.297. The number of carbonyl (C=O) groups excluding carboxylic acids is 1. The van der Waals surface area contributed by atoms with E-state index in [0.717, 1.165) is 57.9 Å². The van der Waals surface area contributed by atoms with Gasteiger partial charge in [0.25, 0.3) is 0 Å². The van der Waals surface area contributed by atoms with Crippen LogP contribution in [0.25, 0.3) is 21.9 Å². The van der Waals surface area contributed by atoms with Crippen LogP contribution in [0.3, 0.4) is 0 Å². The zero-order valence-electron chi connectivity index (χ0n) is 16.9. The number of rotatable bonds is 4. The summed E-state index contributed by atoms with van der Waals surface area (Å²) in [6.45, 7) is 2.29. The van der Waals surface area contributed by atoms with Gasteiger partial charge in [0.2, 0.25) is 0 Å². The maximum absolute atomic E-state index is 12.6. The van der Waals surface area contributed by atoms with E-state index in [1.165, 1.54) is 0 Å². The van der Waals surface area contributed by atoms with E-state index in [9.17, 15) is 4.79 Å². The van der Waals surface area contributed by atoms with Gasteiger partial charge in [0.05, 0.1) is 19.8 Å². The summed E-state index contributed by atoms with van der Waals surface area (Å²) in [5, 5.41) is 1.88. The highest BCUT2D eigenvalue weighted by atomic mass is 32.2. The van der Waals surface area contributed by atoms with Crippen molar-refractivity contribution in [3.8, 4) is 22.6 Å². The molecule has 30 heavy (non-hydrogen) atoms. The van der Waals surface area contributed by atoms with E-state index >= 15 is 0 Å². The van der Waals surface area contributed by atoms with Crippen LogP contribution in [-0.4, -0.2) is 49.8 Å². The van der Waals surface area contributed by atoms with Crippen LogP contribution in [0.1, 0.15) is 15.9 Å². The molecule has 0 aliphatic carbocycles. The molecule has 0 atom stereocenters. The van der Waals surface area contributed by atoms with Gasteiger partial charge < -0.3 is 19.1 Å². The van der Waals surface area contributed by atoms with E-state index in [1.54, 1.807) is 14.2 Å². The first-order chi connectivity index (χ1) is 14.7. The van der Waals surface area contributed by atoms with Gasteiger partial charge in [-0.05, 0) is 41.1 Å². The predicted molar refractivity (Wildman–Crippen MR) is 119 cm³/mol. The van der Waals surface area contributed by atoms with Crippen LogP contribution in [0.2, 0.25) is 0 Å². The third kappa shape index (κ3) is 3.13. The highest BCUT2D eigenvalue weighted by molar-refractivity contribution is 7.99. The van der Waals surface area contributed by atoms with Crippen molar-refractivity contribution >= 4 is 34.3 Å². The molecule has 7 heteroatoms. The largest absolute Gasteiger partial charge is 0.493 e. The minimum Gasteiger partial charge on any atom is -0.493 e. The van der Waals surface area contributed by atoms with Crippen LogP contribution in [0, 0.1) is 0 Å². The van der Waals surface area contributed by atoms with Crippen molar-refractivity contribution in [2.45, 2.75) is 6.61 Å². The number of ether oxygens (including phenoxy) is 3. The second-order valence-electron chi connectivity index (χ2n) is 7.29. The molecule has 6 nitrogen and oxygen atoms in total. The zero-order valence-corrected chi connectivity index (χ0v) is 17.8. The van der Waals surface area contributed by atoms with Crippen LogP contribution >= 0.6 is 11.8 Å². The van der Waals surface area contributed by atoms with Gasteiger partial charge in [0.1, 0.15) is 12.4 Å². The average molecular weight is 423 g/mol. The van der Waals surface area contributed by atoms with Crippen molar-refractivity contribution in [2.24, 2.45) is 0 Å². The Morgan fingerprint density at radius 3 is 2.50 bits per heavy atom. The number of nitrogens with zero attached hydrogens (tertiary/aromatic N) is 2. The molecule has 2 aliphatic rings. The molecule has 0 saturated carbocycles. The number of anilines is 1. The van der Waals surface area contributed by atoms with E-state index in [1.807, 2.05) is 48.3 Å². The minimum absolute atomic E-state index is 0.280. The Hall–Kier alpha value is -2.93. The molecule has 3 heterocycles. The number of cyclic esters (lactones) is 1. The van der Waals surface area contributed by atoms with Crippen LogP contribution in [0.5, 0.6) is 11.5 Å². The summed E-state index contributed by atoms with van der Waals surface area (Å²) in [6.07, 6.45) is 1.86. The van der Waals surface area contributed by atoms with Crippen molar-refractivity contribution in [3.05, 3.63) is 47.7 Å². The summed E-state index contributed by atoms with van der Waals surface area (Å²) >= 11 is 1.97. The molecule has 0 spiro atoms. The van der Waals surface area contributed by atoms with E-state index in [2.05, 4.69) is 4.90 Å². The third-order valence-corrected chi connectivity index (χ3v) is 6.60. The van der Waals surface area contributed by atoms with Crippen LogP contribution in [0.4, 0.5) is 5.82 Å². The molecule has 1 saturated heterocycles. The fraction of sp³-hybridized carbons (Fsp3) is 0.304. The normalized spacial score (nSPS) is 15.8. The van der Waals surface area contributed by atoms with Gasteiger partial charge in [-0.1, -0.05) is 0 Å². The number of hydrogen-bond donors (Lipinski definition) is 0. The fourth-order valence-corrected chi connectivity index (χ4v) is 5.06. The number of fused-ring (bicyclic) bond motifs is 2. The van der Waals surface area contributed by atoms with Crippen LogP contribution < -0.4 is 14.4 Å². The molecule has 0 unspecified atom stereocenters. The fourth-order valence-electron chi connectivity index (χ4n) is 4.16. The number of pyridine rings is 1. The van der Waals surface area contributed by atoms with E-state index < -0.39 is 0 Å². The van der Waals surface area contributed by atoms with Crippen molar-refractivity contribution in [2.75, 3.05) is 43.7 Å². The van der Waals surface area contributed by atoms with E-state index in [-0.39, 0.29) is 12.6 Å². The zero-order chi connectivity index (χ0) is 20.7. The lowest BCUT2D eigenvalue weighted by Crippen LogP contribution is -2.32. The molecular formula is C23H22N2O4S. The standard InChI is InChI=1S/C23H22N2O4S/c1-27-18-10-15-9-16-13-29-23(26)22(16)21(17(15)11-19(18)28-2)14-3-4-20(24-12-14)25-5-7-30-8-6-25/h3-4,9-12H,5-8,13H2,1-2H3. The summed E-state index contributed by atoms with van der Waals surface area (Å²) in [5.41, 5.74) is 3.21. The number of hydrogen-bond acceptors (Lipinski definition) is 7. The summed E-state index contributed by atoms with van der Waals surface area (Å²) in [6, 6.07) is 9.94. The lowest BCUT2D eigenvalue weighted by atomic mass is 9.91. The Kier molecular flexibility index (Phi) is 4.90. The van der Waals surface area contributed by atoms with Gasteiger partial charge in [-0.2, -0.15) is 11.8 Å². The van der Waals surface area contributed by atoms with Crippen LogP contribution in [0.15, 0.2) is 36.5 Å². The predicted octanol–water partition coefficient (Wildman–Crippen LogP) is 4.14. The summed E-state index contributed by atoms with van der Waals surface area (Å²) in [4.78, 5) is 19.6.